The van der Waals surface area contributed by atoms with E-state index in [2.05, 4.69) is 23.9 Å². The number of hydrogen-bond acceptors (Lipinski definition) is 4. The minimum atomic E-state index is -3.20. The summed E-state index contributed by atoms with van der Waals surface area (Å²) >= 11 is 1.10. The van der Waals surface area contributed by atoms with Crippen LogP contribution in [0.25, 0.3) is 0 Å². The van der Waals surface area contributed by atoms with Crippen molar-refractivity contribution in [3.05, 3.63) is 15.8 Å². The lowest BCUT2D eigenvalue weighted by atomic mass is 9.91. The maximum absolute atomic E-state index is 13.6. The van der Waals surface area contributed by atoms with Gasteiger partial charge in [-0.3, -0.25) is 4.57 Å². The molecule has 1 unspecified atom stereocenters. The number of carbonyl (C=O) groups is 1. The number of nitrogens with one attached hydrogen (secondary N) is 1. The molecule has 2 N–H and O–H groups in total. The molecule has 27 heavy (non-hydrogen) atoms. The number of carboxylic acid groups (broad SMARTS) is 1. The van der Waals surface area contributed by atoms with E-state index in [0.29, 0.717) is 23.1 Å². The van der Waals surface area contributed by atoms with Crippen LogP contribution in [0.5, 0.6) is 0 Å². The standard InChI is InChI=1S/C20H30NO4PS/c1-6-25-26(24,15-9-7-14(2)8-10-15)21-17-13-16(11-12-20(3,4)5)27-18(17)19(22)23/h13-15H,6-10H2,1-5H3,(H,21,24)(H,22,23). The van der Waals surface area contributed by atoms with Crippen LogP contribution >= 0.6 is 18.9 Å². The average Bonchev–Trinajstić information content (AvgIpc) is 2.96. The van der Waals surface area contributed by atoms with Crippen molar-refractivity contribution in [3.8, 4) is 11.8 Å². The number of carboxylic acids is 1. The topological polar surface area (TPSA) is 75.6 Å². The molecule has 1 saturated carbocycles. The van der Waals surface area contributed by atoms with Gasteiger partial charge in [-0.05, 0) is 65.4 Å². The maximum Gasteiger partial charge on any atom is 0.348 e. The normalized spacial score (nSPS) is 22.4. The van der Waals surface area contributed by atoms with Crippen molar-refractivity contribution >= 4 is 30.5 Å². The lowest BCUT2D eigenvalue weighted by Crippen LogP contribution is -2.22. The molecule has 1 aliphatic rings. The molecule has 1 aromatic rings. The summed E-state index contributed by atoms with van der Waals surface area (Å²) in [4.78, 5) is 12.5. The van der Waals surface area contributed by atoms with Gasteiger partial charge in [0.25, 0.3) is 7.52 Å². The predicted molar refractivity (Wildman–Crippen MR) is 112 cm³/mol. The Kier molecular flexibility index (Phi) is 7.19. The third-order valence-corrected chi connectivity index (χ3v) is 8.26. The summed E-state index contributed by atoms with van der Waals surface area (Å²) in [5.74, 6) is 5.73. The van der Waals surface area contributed by atoms with E-state index >= 15 is 0 Å². The highest BCUT2D eigenvalue weighted by molar-refractivity contribution is 7.61. The fraction of sp³-hybridized carbons (Fsp3) is 0.650. The van der Waals surface area contributed by atoms with E-state index in [9.17, 15) is 14.5 Å². The molecule has 7 heteroatoms. The van der Waals surface area contributed by atoms with Gasteiger partial charge in [-0.1, -0.05) is 18.8 Å². The second kappa shape index (κ2) is 8.82. The summed E-state index contributed by atoms with van der Waals surface area (Å²) in [5, 5.41) is 12.6. The second-order valence-corrected chi connectivity index (χ2v) is 11.7. The Balaban J connectivity index is 2.33. The van der Waals surface area contributed by atoms with E-state index in [1.165, 1.54) is 0 Å². The molecule has 0 aliphatic heterocycles. The SMILES string of the molecule is CCOP(=O)(Nc1cc(C#CC(C)(C)C)sc1C(=O)O)C1CCC(C)CC1. The average molecular weight is 412 g/mol. The van der Waals surface area contributed by atoms with Gasteiger partial charge in [0.1, 0.15) is 4.88 Å². The third kappa shape index (κ3) is 6.10. The summed E-state index contributed by atoms with van der Waals surface area (Å²) in [6.07, 6.45) is 3.69. The van der Waals surface area contributed by atoms with E-state index < -0.39 is 13.5 Å². The summed E-state index contributed by atoms with van der Waals surface area (Å²) in [6.45, 7) is 10.3. The molecule has 0 aromatic carbocycles. The Bertz CT molecular complexity index is 776. The Morgan fingerprint density at radius 2 is 2.00 bits per heavy atom. The molecule has 0 radical (unpaired) electrons. The zero-order valence-corrected chi connectivity index (χ0v) is 18.5. The van der Waals surface area contributed by atoms with Crippen LogP contribution in [0.1, 0.15) is 74.9 Å². The molecule has 1 heterocycles. The number of aromatic carboxylic acids is 1. The van der Waals surface area contributed by atoms with Gasteiger partial charge in [0.15, 0.2) is 0 Å². The van der Waals surface area contributed by atoms with E-state index in [-0.39, 0.29) is 16.0 Å². The fourth-order valence-electron chi connectivity index (χ4n) is 3.11. The molecule has 1 aromatic heterocycles. The predicted octanol–water partition coefficient (Wildman–Crippen LogP) is 6.06. The van der Waals surface area contributed by atoms with Crippen LogP contribution in [0.2, 0.25) is 0 Å². The Labute approximate surface area is 166 Å². The Morgan fingerprint density at radius 3 is 2.52 bits per heavy atom. The van der Waals surface area contributed by atoms with Crippen molar-refractivity contribution < 1.29 is 19.0 Å². The second-order valence-electron chi connectivity index (χ2n) is 8.20. The molecule has 2 rings (SSSR count). The zero-order valence-electron chi connectivity index (χ0n) is 16.8. The van der Waals surface area contributed by atoms with Crippen molar-refractivity contribution in [2.75, 3.05) is 11.7 Å². The first-order valence-electron chi connectivity index (χ1n) is 9.47. The molecule has 1 atom stereocenters. The molecule has 0 amide bonds. The van der Waals surface area contributed by atoms with Crippen LogP contribution < -0.4 is 5.09 Å². The molecule has 1 fully saturated rings. The van der Waals surface area contributed by atoms with E-state index in [1.54, 1.807) is 6.07 Å². The van der Waals surface area contributed by atoms with Gasteiger partial charge in [-0.25, -0.2) is 4.79 Å². The van der Waals surface area contributed by atoms with Gasteiger partial charge in [0.2, 0.25) is 0 Å². The Hall–Kier alpha value is -1.28. The number of thiophene rings is 1. The Morgan fingerprint density at radius 1 is 1.37 bits per heavy atom. The molecule has 1 aliphatic carbocycles. The highest BCUT2D eigenvalue weighted by Gasteiger charge is 2.37. The molecule has 150 valence electrons. The maximum atomic E-state index is 13.6. The first-order chi connectivity index (χ1) is 12.5. The highest BCUT2D eigenvalue weighted by atomic mass is 32.1. The molecular formula is C20H30NO4PS. The largest absolute Gasteiger partial charge is 0.477 e. The number of hydrogen-bond donors (Lipinski definition) is 2. The first kappa shape index (κ1) is 22.0. The van der Waals surface area contributed by atoms with Crippen LogP contribution in [0.15, 0.2) is 6.07 Å². The molecule has 0 spiro atoms. The number of anilines is 1. The van der Waals surface area contributed by atoms with Crippen molar-refractivity contribution in [3.63, 3.8) is 0 Å². The molecule has 0 bridgehead atoms. The van der Waals surface area contributed by atoms with Crippen LogP contribution in [0, 0.1) is 23.2 Å². The quantitative estimate of drug-likeness (QED) is 0.439. The smallest absolute Gasteiger partial charge is 0.348 e. The van der Waals surface area contributed by atoms with Crippen LogP contribution in [-0.4, -0.2) is 23.3 Å². The van der Waals surface area contributed by atoms with Crippen LogP contribution in [-0.2, 0) is 9.09 Å². The van der Waals surface area contributed by atoms with Gasteiger partial charge < -0.3 is 14.7 Å². The summed E-state index contributed by atoms with van der Waals surface area (Å²) in [6, 6.07) is 1.68. The van der Waals surface area contributed by atoms with Gasteiger partial charge in [-0.2, -0.15) is 0 Å². The van der Waals surface area contributed by atoms with Gasteiger partial charge in [-0.15, -0.1) is 11.3 Å². The van der Waals surface area contributed by atoms with Gasteiger partial charge >= 0.3 is 5.97 Å². The number of rotatable bonds is 6. The van der Waals surface area contributed by atoms with E-state index in [0.717, 1.165) is 37.0 Å². The van der Waals surface area contributed by atoms with E-state index in [4.69, 9.17) is 4.52 Å². The molecule has 0 saturated heterocycles. The van der Waals surface area contributed by atoms with Crippen LogP contribution in [0.4, 0.5) is 5.69 Å². The summed E-state index contributed by atoms with van der Waals surface area (Å²) in [5.41, 5.74) is 0.0841. The minimum absolute atomic E-state index is 0.0840. The first-order valence-corrected chi connectivity index (χ1v) is 12.0. The monoisotopic (exact) mass is 411 g/mol. The lowest BCUT2D eigenvalue weighted by Gasteiger charge is -2.32. The molecular weight excluding hydrogens is 381 g/mol. The van der Waals surface area contributed by atoms with E-state index in [1.807, 2.05) is 27.7 Å². The minimum Gasteiger partial charge on any atom is -0.477 e. The van der Waals surface area contributed by atoms with Crippen LogP contribution in [0.3, 0.4) is 0 Å². The summed E-state index contributed by atoms with van der Waals surface area (Å²) in [7, 11) is -3.20. The molecule has 5 nitrogen and oxygen atoms in total. The van der Waals surface area contributed by atoms with Crippen molar-refractivity contribution in [1.82, 2.24) is 0 Å². The lowest BCUT2D eigenvalue weighted by molar-refractivity contribution is 0.0703. The van der Waals surface area contributed by atoms with Gasteiger partial charge in [0, 0.05) is 5.41 Å². The fourth-order valence-corrected chi connectivity index (χ4v) is 6.33. The van der Waals surface area contributed by atoms with Crippen molar-refractivity contribution in [1.29, 1.82) is 0 Å². The van der Waals surface area contributed by atoms with Crippen molar-refractivity contribution in [2.24, 2.45) is 11.3 Å². The van der Waals surface area contributed by atoms with Crippen molar-refractivity contribution in [2.45, 2.75) is 66.0 Å². The highest BCUT2D eigenvalue weighted by Crippen LogP contribution is 2.57. The summed E-state index contributed by atoms with van der Waals surface area (Å²) < 4.78 is 19.3. The zero-order chi connectivity index (χ0) is 20.2. The third-order valence-electron chi connectivity index (χ3n) is 4.55. The van der Waals surface area contributed by atoms with Gasteiger partial charge in [0.05, 0.1) is 22.8 Å².